The van der Waals surface area contributed by atoms with E-state index in [0.29, 0.717) is 25.1 Å². The molecule has 128 valence electrons. The van der Waals surface area contributed by atoms with Crippen molar-refractivity contribution in [2.45, 2.75) is 12.8 Å². The van der Waals surface area contributed by atoms with Gasteiger partial charge in [-0.1, -0.05) is 6.07 Å². The number of aromatic nitrogens is 1. The number of amides is 1. The highest BCUT2D eigenvalue weighted by Gasteiger charge is 2.44. The largest absolute Gasteiger partial charge is 0.481 e. The van der Waals surface area contributed by atoms with Gasteiger partial charge in [0.05, 0.1) is 11.5 Å². The summed E-state index contributed by atoms with van der Waals surface area (Å²) >= 11 is 3.00. The minimum absolute atomic E-state index is 0.101. The summed E-state index contributed by atoms with van der Waals surface area (Å²) in [6, 6.07) is 3.91. The predicted molar refractivity (Wildman–Crippen MR) is 92.5 cm³/mol. The van der Waals surface area contributed by atoms with Gasteiger partial charge in [-0.3, -0.25) is 9.59 Å². The summed E-state index contributed by atoms with van der Waals surface area (Å²) < 4.78 is 5.10. The maximum Gasteiger partial charge on any atom is 0.313 e. The van der Waals surface area contributed by atoms with Gasteiger partial charge in [0.2, 0.25) is 0 Å². The molecule has 3 rings (SSSR count). The Balaban J connectivity index is 1.78. The molecule has 3 heterocycles. The molecule has 6 nitrogen and oxygen atoms in total. The summed E-state index contributed by atoms with van der Waals surface area (Å²) in [4.78, 5) is 31.5. The molecule has 1 aliphatic heterocycles. The second-order valence-corrected chi connectivity index (χ2v) is 7.67. The standard InChI is InChI=1S/C16H18N2O4S2/c1-22-10-16(15(20)21)5-3-6-18(9-16)14(19)11-8-24-13(17-11)12-4-2-7-23-12/h2,4,7-8H,3,5-6,9-10H2,1H3,(H,20,21). The lowest BCUT2D eigenvalue weighted by atomic mass is 9.80. The number of hydrogen-bond donors (Lipinski definition) is 1. The fourth-order valence-electron chi connectivity index (χ4n) is 2.98. The van der Waals surface area contributed by atoms with Gasteiger partial charge in [0.25, 0.3) is 5.91 Å². The number of ether oxygens (including phenoxy) is 1. The van der Waals surface area contributed by atoms with Crippen molar-refractivity contribution in [3.63, 3.8) is 0 Å². The van der Waals surface area contributed by atoms with Gasteiger partial charge >= 0.3 is 5.97 Å². The molecule has 1 fully saturated rings. The molecule has 1 aliphatic rings. The molecule has 0 saturated carbocycles. The quantitative estimate of drug-likeness (QED) is 0.880. The number of carboxylic acid groups (broad SMARTS) is 1. The SMILES string of the molecule is COCC1(C(=O)O)CCCN(C(=O)c2csc(-c3cccs3)n2)C1. The first-order chi connectivity index (χ1) is 11.6. The van der Waals surface area contributed by atoms with Gasteiger partial charge in [0.15, 0.2) is 0 Å². The van der Waals surface area contributed by atoms with Crippen molar-refractivity contribution in [3.8, 4) is 9.88 Å². The van der Waals surface area contributed by atoms with E-state index in [1.54, 1.807) is 21.6 Å². The molecule has 1 saturated heterocycles. The Morgan fingerprint density at radius 2 is 2.29 bits per heavy atom. The minimum Gasteiger partial charge on any atom is -0.481 e. The third-order valence-electron chi connectivity index (χ3n) is 4.19. The van der Waals surface area contributed by atoms with Crippen LogP contribution in [-0.2, 0) is 9.53 Å². The number of carboxylic acids is 1. The van der Waals surface area contributed by atoms with Crippen LogP contribution in [0.1, 0.15) is 23.3 Å². The predicted octanol–water partition coefficient (Wildman–Crippen LogP) is 2.83. The molecule has 0 radical (unpaired) electrons. The first-order valence-corrected chi connectivity index (χ1v) is 9.33. The summed E-state index contributed by atoms with van der Waals surface area (Å²) in [5, 5.41) is 14.1. The fraction of sp³-hybridized carbons (Fsp3) is 0.438. The number of hydrogen-bond acceptors (Lipinski definition) is 6. The average molecular weight is 366 g/mol. The molecular weight excluding hydrogens is 348 g/mol. The maximum absolute atomic E-state index is 12.7. The van der Waals surface area contributed by atoms with Crippen molar-refractivity contribution in [2.75, 3.05) is 26.8 Å². The zero-order valence-electron chi connectivity index (χ0n) is 13.2. The second-order valence-electron chi connectivity index (χ2n) is 5.86. The van der Waals surface area contributed by atoms with E-state index in [4.69, 9.17) is 4.74 Å². The van der Waals surface area contributed by atoms with Crippen molar-refractivity contribution in [1.29, 1.82) is 0 Å². The second kappa shape index (κ2) is 7.00. The van der Waals surface area contributed by atoms with Crippen LogP contribution in [0.3, 0.4) is 0 Å². The zero-order chi connectivity index (χ0) is 17.2. The lowest BCUT2D eigenvalue weighted by molar-refractivity contribution is -0.155. The molecule has 2 aromatic heterocycles. The van der Waals surface area contributed by atoms with Crippen molar-refractivity contribution >= 4 is 34.6 Å². The number of thiazole rings is 1. The Morgan fingerprint density at radius 3 is 2.96 bits per heavy atom. The summed E-state index contributed by atoms with van der Waals surface area (Å²) in [5.74, 6) is -1.13. The zero-order valence-corrected chi connectivity index (χ0v) is 14.9. The number of carbonyl (C=O) groups is 2. The summed E-state index contributed by atoms with van der Waals surface area (Å²) in [6.45, 7) is 0.800. The van der Waals surface area contributed by atoms with E-state index in [-0.39, 0.29) is 19.1 Å². The van der Waals surface area contributed by atoms with E-state index in [1.165, 1.54) is 18.4 Å². The fourth-order valence-corrected chi connectivity index (χ4v) is 4.59. The molecule has 24 heavy (non-hydrogen) atoms. The highest BCUT2D eigenvalue weighted by Crippen LogP contribution is 2.33. The average Bonchev–Trinajstić information content (AvgIpc) is 3.25. The van der Waals surface area contributed by atoms with E-state index in [0.717, 1.165) is 9.88 Å². The van der Waals surface area contributed by atoms with Gasteiger partial charge < -0.3 is 14.7 Å². The van der Waals surface area contributed by atoms with E-state index < -0.39 is 11.4 Å². The van der Waals surface area contributed by atoms with Crippen LogP contribution < -0.4 is 0 Å². The molecule has 0 aromatic carbocycles. The highest BCUT2D eigenvalue weighted by atomic mass is 32.1. The van der Waals surface area contributed by atoms with Gasteiger partial charge in [-0.05, 0) is 24.3 Å². The molecule has 1 amide bonds. The van der Waals surface area contributed by atoms with Crippen LogP contribution in [-0.4, -0.2) is 53.7 Å². The number of nitrogens with zero attached hydrogens (tertiary/aromatic N) is 2. The van der Waals surface area contributed by atoms with E-state index in [9.17, 15) is 14.7 Å². The first-order valence-electron chi connectivity index (χ1n) is 7.57. The number of aliphatic carboxylic acids is 1. The van der Waals surface area contributed by atoms with Crippen molar-refractivity contribution < 1.29 is 19.4 Å². The van der Waals surface area contributed by atoms with Gasteiger partial charge in [0.1, 0.15) is 16.1 Å². The Kier molecular flexibility index (Phi) is 4.98. The molecule has 0 aliphatic carbocycles. The third kappa shape index (κ3) is 3.22. The molecule has 0 spiro atoms. The Labute approximate surface area is 147 Å². The Hall–Kier alpha value is -1.77. The number of likely N-dealkylation sites (tertiary alicyclic amines) is 1. The van der Waals surface area contributed by atoms with Crippen LogP contribution in [0.5, 0.6) is 0 Å². The maximum atomic E-state index is 12.7. The number of rotatable bonds is 5. The smallest absolute Gasteiger partial charge is 0.313 e. The number of piperidine rings is 1. The Bertz CT molecular complexity index is 724. The van der Waals surface area contributed by atoms with E-state index >= 15 is 0 Å². The molecule has 1 N–H and O–H groups in total. The number of methoxy groups -OCH3 is 1. The van der Waals surface area contributed by atoms with Crippen LogP contribution >= 0.6 is 22.7 Å². The molecule has 2 aromatic rings. The van der Waals surface area contributed by atoms with Crippen molar-refractivity contribution in [2.24, 2.45) is 5.41 Å². The van der Waals surface area contributed by atoms with Gasteiger partial charge in [-0.15, -0.1) is 22.7 Å². The Morgan fingerprint density at radius 1 is 1.46 bits per heavy atom. The van der Waals surface area contributed by atoms with Crippen molar-refractivity contribution in [3.05, 3.63) is 28.6 Å². The van der Waals surface area contributed by atoms with Crippen LogP contribution in [0.2, 0.25) is 0 Å². The minimum atomic E-state index is -1.03. The molecule has 8 heteroatoms. The lowest BCUT2D eigenvalue weighted by Crippen LogP contribution is -2.52. The van der Waals surface area contributed by atoms with E-state index in [1.807, 2.05) is 17.5 Å². The van der Waals surface area contributed by atoms with E-state index in [2.05, 4.69) is 4.98 Å². The number of thiophene rings is 1. The van der Waals surface area contributed by atoms with Crippen LogP contribution in [0.25, 0.3) is 9.88 Å². The lowest BCUT2D eigenvalue weighted by Gasteiger charge is -2.39. The van der Waals surface area contributed by atoms with Crippen LogP contribution in [0.4, 0.5) is 0 Å². The molecule has 1 atom stereocenters. The summed E-state index contributed by atoms with van der Waals surface area (Å²) in [6.07, 6.45) is 1.15. The summed E-state index contributed by atoms with van der Waals surface area (Å²) in [5.41, 5.74) is -0.656. The topological polar surface area (TPSA) is 79.7 Å². The van der Waals surface area contributed by atoms with Crippen LogP contribution in [0, 0.1) is 5.41 Å². The van der Waals surface area contributed by atoms with Gasteiger partial charge in [0, 0.05) is 25.6 Å². The molecule has 0 bridgehead atoms. The van der Waals surface area contributed by atoms with Crippen molar-refractivity contribution in [1.82, 2.24) is 9.88 Å². The third-order valence-corrected chi connectivity index (χ3v) is 6.08. The first kappa shape index (κ1) is 17.1. The monoisotopic (exact) mass is 366 g/mol. The normalized spacial score (nSPS) is 21.0. The summed E-state index contributed by atoms with van der Waals surface area (Å²) in [7, 11) is 1.49. The van der Waals surface area contributed by atoms with Gasteiger partial charge in [-0.2, -0.15) is 0 Å². The van der Waals surface area contributed by atoms with Crippen LogP contribution in [0.15, 0.2) is 22.9 Å². The number of carbonyl (C=O) groups excluding carboxylic acids is 1. The molecule has 1 unspecified atom stereocenters. The molecular formula is C16H18N2O4S2. The highest BCUT2D eigenvalue weighted by molar-refractivity contribution is 7.20. The van der Waals surface area contributed by atoms with Gasteiger partial charge in [-0.25, -0.2) is 4.98 Å².